The Balaban J connectivity index is 1.91. The van der Waals surface area contributed by atoms with Gasteiger partial charge in [-0.25, -0.2) is 0 Å². The van der Waals surface area contributed by atoms with Crippen molar-refractivity contribution in [3.8, 4) is 0 Å². The van der Waals surface area contributed by atoms with Crippen LogP contribution in [0.5, 0.6) is 0 Å². The van der Waals surface area contributed by atoms with Crippen LogP contribution in [0.25, 0.3) is 0 Å². The molecule has 0 saturated heterocycles. The van der Waals surface area contributed by atoms with Crippen molar-refractivity contribution in [1.29, 1.82) is 0 Å². The fraction of sp³-hybridized carbons (Fsp3) is 0.562. The lowest BCUT2D eigenvalue weighted by atomic mass is 9.94. The Morgan fingerprint density at radius 1 is 1.35 bits per heavy atom. The van der Waals surface area contributed by atoms with Crippen LogP contribution in [0.1, 0.15) is 31.0 Å². The Hall–Kier alpha value is -1.39. The van der Waals surface area contributed by atoms with Crippen LogP contribution in [0.2, 0.25) is 0 Å². The third-order valence-corrected chi connectivity index (χ3v) is 3.99. The predicted molar refractivity (Wildman–Crippen MR) is 81.7 cm³/mol. The standard InChI is InChI=1S/C16H25N3O/c1-3-19(4-2)12-11-18-16(20)15-14-8-6-5-7-13(14)9-10-17-15/h5-8,15,17H,3-4,9-12H2,1-2H3,(H,18,20). The van der Waals surface area contributed by atoms with Gasteiger partial charge < -0.3 is 15.5 Å². The maximum absolute atomic E-state index is 12.3. The number of nitrogens with zero attached hydrogens (tertiary/aromatic N) is 1. The van der Waals surface area contributed by atoms with Gasteiger partial charge in [0.15, 0.2) is 0 Å². The van der Waals surface area contributed by atoms with Crippen molar-refractivity contribution in [3.63, 3.8) is 0 Å². The van der Waals surface area contributed by atoms with E-state index in [0.29, 0.717) is 6.54 Å². The van der Waals surface area contributed by atoms with E-state index in [1.807, 2.05) is 12.1 Å². The lowest BCUT2D eigenvalue weighted by molar-refractivity contribution is -0.123. The molecular formula is C16H25N3O. The first-order chi connectivity index (χ1) is 9.76. The molecule has 2 N–H and O–H groups in total. The minimum Gasteiger partial charge on any atom is -0.353 e. The summed E-state index contributed by atoms with van der Waals surface area (Å²) in [4.78, 5) is 14.6. The van der Waals surface area contributed by atoms with E-state index in [1.54, 1.807) is 0 Å². The molecule has 1 aliphatic heterocycles. The van der Waals surface area contributed by atoms with Gasteiger partial charge in [0.05, 0.1) is 0 Å². The molecule has 4 nitrogen and oxygen atoms in total. The van der Waals surface area contributed by atoms with Gasteiger partial charge in [-0.05, 0) is 30.6 Å². The molecule has 0 fully saturated rings. The summed E-state index contributed by atoms with van der Waals surface area (Å²) in [5.74, 6) is 0.0873. The largest absolute Gasteiger partial charge is 0.353 e. The van der Waals surface area contributed by atoms with Gasteiger partial charge in [0, 0.05) is 19.6 Å². The SMILES string of the molecule is CCN(CC)CCNC(=O)C1NCCc2ccccc21. The van der Waals surface area contributed by atoms with E-state index in [2.05, 4.69) is 41.5 Å². The van der Waals surface area contributed by atoms with Crippen molar-refractivity contribution in [3.05, 3.63) is 35.4 Å². The highest BCUT2D eigenvalue weighted by molar-refractivity contribution is 5.83. The normalized spacial score (nSPS) is 17.9. The second kappa shape index (κ2) is 7.41. The van der Waals surface area contributed by atoms with Gasteiger partial charge >= 0.3 is 0 Å². The van der Waals surface area contributed by atoms with Crippen LogP contribution in [0, 0.1) is 0 Å². The van der Waals surface area contributed by atoms with E-state index in [0.717, 1.165) is 38.2 Å². The van der Waals surface area contributed by atoms with E-state index in [9.17, 15) is 4.79 Å². The number of hydrogen-bond acceptors (Lipinski definition) is 3. The molecule has 1 unspecified atom stereocenters. The lowest BCUT2D eigenvalue weighted by Crippen LogP contribution is -2.43. The Kier molecular flexibility index (Phi) is 5.56. The van der Waals surface area contributed by atoms with Crippen LogP contribution in [0.3, 0.4) is 0 Å². The van der Waals surface area contributed by atoms with Crippen molar-refractivity contribution < 1.29 is 4.79 Å². The van der Waals surface area contributed by atoms with Gasteiger partial charge in [-0.2, -0.15) is 0 Å². The zero-order chi connectivity index (χ0) is 14.4. The Labute approximate surface area is 121 Å². The number of carbonyl (C=O) groups excluding carboxylic acids is 1. The van der Waals surface area contributed by atoms with Gasteiger partial charge in [0.2, 0.25) is 5.91 Å². The number of benzene rings is 1. The van der Waals surface area contributed by atoms with Crippen LogP contribution in [0.4, 0.5) is 0 Å². The van der Waals surface area contributed by atoms with Gasteiger partial charge in [-0.15, -0.1) is 0 Å². The van der Waals surface area contributed by atoms with E-state index in [1.165, 1.54) is 5.56 Å². The summed E-state index contributed by atoms with van der Waals surface area (Å²) in [5, 5.41) is 6.36. The minimum absolute atomic E-state index is 0.0873. The number of carbonyl (C=O) groups is 1. The zero-order valence-electron chi connectivity index (χ0n) is 12.5. The van der Waals surface area contributed by atoms with Crippen LogP contribution >= 0.6 is 0 Å². The summed E-state index contributed by atoms with van der Waals surface area (Å²) in [6, 6.07) is 8.01. The molecule has 0 aromatic heterocycles. The fourth-order valence-corrected chi connectivity index (χ4v) is 2.72. The molecule has 1 aromatic rings. The van der Waals surface area contributed by atoms with Crippen molar-refractivity contribution in [1.82, 2.24) is 15.5 Å². The predicted octanol–water partition coefficient (Wildman–Crippen LogP) is 1.33. The average molecular weight is 275 g/mol. The summed E-state index contributed by atoms with van der Waals surface area (Å²) < 4.78 is 0. The highest BCUT2D eigenvalue weighted by Crippen LogP contribution is 2.22. The summed E-state index contributed by atoms with van der Waals surface area (Å²) >= 11 is 0. The number of amides is 1. The summed E-state index contributed by atoms with van der Waals surface area (Å²) in [7, 11) is 0. The van der Waals surface area contributed by atoms with Gasteiger partial charge in [0.25, 0.3) is 0 Å². The first kappa shape index (κ1) is 15.0. The summed E-state index contributed by atoms with van der Waals surface area (Å²) in [6.45, 7) is 8.82. The lowest BCUT2D eigenvalue weighted by Gasteiger charge is -2.26. The van der Waals surface area contributed by atoms with Crippen LogP contribution < -0.4 is 10.6 Å². The molecular weight excluding hydrogens is 250 g/mol. The molecule has 1 heterocycles. The maximum Gasteiger partial charge on any atom is 0.241 e. The zero-order valence-corrected chi connectivity index (χ0v) is 12.5. The number of nitrogens with one attached hydrogen (secondary N) is 2. The highest BCUT2D eigenvalue weighted by Gasteiger charge is 2.25. The number of hydrogen-bond donors (Lipinski definition) is 2. The molecule has 0 spiro atoms. The summed E-state index contributed by atoms with van der Waals surface area (Å²) in [5.41, 5.74) is 2.41. The molecule has 4 heteroatoms. The Morgan fingerprint density at radius 3 is 2.85 bits per heavy atom. The van der Waals surface area contributed by atoms with Crippen LogP contribution in [-0.4, -0.2) is 43.5 Å². The quantitative estimate of drug-likeness (QED) is 0.823. The van der Waals surface area contributed by atoms with E-state index in [4.69, 9.17) is 0 Å². The van der Waals surface area contributed by atoms with Gasteiger partial charge in [-0.1, -0.05) is 38.1 Å². The summed E-state index contributed by atoms with van der Waals surface area (Å²) in [6.07, 6.45) is 0.999. The maximum atomic E-state index is 12.3. The van der Waals surface area contributed by atoms with Gasteiger partial charge in [0.1, 0.15) is 6.04 Å². The molecule has 1 aliphatic rings. The van der Waals surface area contributed by atoms with Crippen LogP contribution in [-0.2, 0) is 11.2 Å². The highest BCUT2D eigenvalue weighted by atomic mass is 16.2. The third kappa shape index (κ3) is 3.58. The number of likely N-dealkylation sites (N-methyl/N-ethyl adjacent to an activating group) is 1. The smallest absolute Gasteiger partial charge is 0.241 e. The molecule has 0 radical (unpaired) electrons. The molecule has 1 amide bonds. The molecule has 2 rings (SSSR count). The molecule has 0 aliphatic carbocycles. The van der Waals surface area contributed by atoms with Crippen LogP contribution in [0.15, 0.2) is 24.3 Å². The van der Waals surface area contributed by atoms with E-state index < -0.39 is 0 Å². The number of fused-ring (bicyclic) bond motifs is 1. The van der Waals surface area contributed by atoms with Crippen molar-refractivity contribution in [2.75, 3.05) is 32.7 Å². The molecule has 1 aromatic carbocycles. The topological polar surface area (TPSA) is 44.4 Å². The average Bonchev–Trinajstić information content (AvgIpc) is 2.51. The van der Waals surface area contributed by atoms with Crippen molar-refractivity contribution in [2.24, 2.45) is 0 Å². The second-order valence-corrected chi connectivity index (χ2v) is 5.15. The first-order valence-corrected chi connectivity index (χ1v) is 7.57. The minimum atomic E-state index is -0.198. The number of rotatable bonds is 6. The monoisotopic (exact) mass is 275 g/mol. The van der Waals surface area contributed by atoms with E-state index >= 15 is 0 Å². The molecule has 0 bridgehead atoms. The molecule has 0 saturated carbocycles. The van der Waals surface area contributed by atoms with Crippen molar-refractivity contribution >= 4 is 5.91 Å². The molecule has 110 valence electrons. The Morgan fingerprint density at radius 2 is 2.10 bits per heavy atom. The first-order valence-electron chi connectivity index (χ1n) is 7.57. The van der Waals surface area contributed by atoms with E-state index in [-0.39, 0.29) is 11.9 Å². The van der Waals surface area contributed by atoms with Gasteiger partial charge in [-0.3, -0.25) is 4.79 Å². The van der Waals surface area contributed by atoms with Crippen molar-refractivity contribution in [2.45, 2.75) is 26.3 Å². The molecule has 20 heavy (non-hydrogen) atoms. The third-order valence-electron chi connectivity index (χ3n) is 3.99. The Bertz CT molecular complexity index is 443. The second-order valence-electron chi connectivity index (χ2n) is 5.15. The fourth-order valence-electron chi connectivity index (χ4n) is 2.72. The molecule has 1 atom stereocenters.